The van der Waals surface area contributed by atoms with Crippen molar-refractivity contribution in [3.05, 3.63) is 201 Å². The molecule has 0 spiro atoms. The van der Waals surface area contributed by atoms with Crippen molar-refractivity contribution in [2.24, 2.45) is 0 Å². The molecule has 502 valence electrons. The van der Waals surface area contributed by atoms with E-state index in [1.807, 2.05) is 6.92 Å². The van der Waals surface area contributed by atoms with Gasteiger partial charge in [0.25, 0.3) is 10.0 Å². The average molecular weight is 1430 g/mol. The second kappa shape index (κ2) is 33.9. The number of aryl methyl sites for hydroxylation is 2. The van der Waals surface area contributed by atoms with Gasteiger partial charge < -0.3 is 36.4 Å². The Labute approximate surface area is 539 Å². The molecule has 0 saturated heterocycles. The average Bonchev–Trinajstić information content (AvgIpc) is 0.911. The second-order valence-corrected chi connectivity index (χ2v) is 29.7. The van der Waals surface area contributed by atoms with E-state index in [0.29, 0.717) is 0 Å². The Balaban J connectivity index is 0.000000382. The van der Waals surface area contributed by atoms with Gasteiger partial charge in [-0.15, -0.1) is 0 Å². The maximum absolute atomic E-state index is 12.2. The van der Waals surface area contributed by atoms with Crippen LogP contribution < -0.4 is 34.1 Å². The number of halogens is 1. The summed E-state index contributed by atoms with van der Waals surface area (Å²) in [5.41, 5.74) is 6.94. The summed E-state index contributed by atoms with van der Waals surface area (Å²) >= 11 is 5.59. The van der Waals surface area contributed by atoms with Gasteiger partial charge in [0.1, 0.15) is 0 Å². The Hall–Kier alpha value is -10.1. The fourth-order valence-electron chi connectivity index (χ4n) is 6.73. The molecule has 0 atom stereocenters. The highest BCUT2D eigenvalue weighted by molar-refractivity contribution is 7.93. The van der Waals surface area contributed by atoms with E-state index in [1.54, 1.807) is 43.3 Å². The molecule has 31 nitrogen and oxygen atoms in total. The maximum atomic E-state index is 12.2. The van der Waals surface area contributed by atoms with Crippen molar-refractivity contribution in [1.82, 2.24) is 0 Å². The van der Waals surface area contributed by atoms with Crippen LogP contribution in [0.15, 0.2) is 157 Å². The number of nitrogens with two attached hydrogens (primary N) is 1. The molecule has 0 unspecified atom stereocenters. The zero-order chi connectivity index (χ0) is 71.2. The van der Waals surface area contributed by atoms with E-state index >= 15 is 0 Å². The maximum Gasteiger partial charge on any atom is 0.337 e. The Morgan fingerprint density at radius 2 is 0.581 bits per heavy atom. The molecule has 0 heterocycles. The van der Waals surface area contributed by atoms with Gasteiger partial charge in [-0.1, -0.05) is 77.3 Å². The smallest absolute Gasteiger partial charge is 0.337 e. The van der Waals surface area contributed by atoms with Gasteiger partial charge in [-0.25, -0.2) is 79.3 Å². The first-order valence-electron chi connectivity index (χ1n) is 25.0. The van der Waals surface area contributed by atoms with Crippen LogP contribution in [-0.4, -0.2) is 148 Å². The Bertz CT molecular complexity index is 4330. The quantitative estimate of drug-likeness (QED) is 0.0369. The third-order valence-corrected chi connectivity index (χ3v) is 15.0. The molecule has 0 aliphatic heterocycles. The van der Waals surface area contributed by atoms with Gasteiger partial charge in [-0.2, -0.15) is 0 Å². The van der Waals surface area contributed by atoms with Crippen molar-refractivity contribution in [3.63, 3.8) is 0 Å². The van der Waals surface area contributed by atoms with E-state index < -0.39 is 96.0 Å². The standard InChI is InChI=1S/C14H13NO4S.C9H11NO4S.C8H8ClNO4S.C8H10N2O4S.2C8H9NO4S/c1-10-6-8-11(9-7-10)20(18,19)15-13-5-3-2-4-12(13)14(16)17;1-6-3-4-8(10-15(2,13)14)7(5-6)9(11)12;2*1-15(13,14)10-7-3-2-5(9)4-6(7)8(11)12;2*1-14(12,13)9-7-5-3-2-4-6(7)8(10)11/h2-9,15H,1H3,(H,16,17);3-5,10H,1-2H3,(H,11,12);2-4,10H,1H3,(H,11,12);2-4,10H,9H2,1H3,(H,11,12);2*2-5,9H,1H3,(H,10,11). The van der Waals surface area contributed by atoms with Crippen LogP contribution in [0.25, 0.3) is 0 Å². The molecule has 7 rings (SSSR count). The van der Waals surface area contributed by atoms with E-state index in [9.17, 15) is 79.3 Å². The first-order chi connectivity index (χ1) is 42.6. The van der Waals surface area contributed by atoms with Crippen molar-refractivity contribution >= 4 is 147 Å². The molecule has 7 aromatic rings. The van der Waals surface area contributed by atoms with Crippen molar-refractivity contribution in [1.29, 1.82) is 0 Å². The monoisotopic (exact) mass is 1430 g/mol. The second-order valence-electron chi connectivity index (χ2n) is 18.8. The molecule has 0 saturated carbocycles. The zero-order valence-electron chi connectivity index (χ0n) is 49.4. The number of carbonyl (C=O) groups is 6. The number of carboxylic acids is 6. The Morgan fingerprint density at radius 3 is 0.903 bits per heavy atom. The highest BCUT2D eigenvalue weighted by atomic mass is 35.5. The molecule has 0 aromatic heterocycles. The van der Waals surface area contributed by atoms with E-state index in [-0.39, 0.29) is 83.1 Å². The minimum absolute atomic E-state index is 0.000741. The summed E-state index contributed by atoms with van der Waals surface area (Å²) in [7, 11) is -21.2. The number of anilines is 7. The van der Waals surface area contributed by atoms with Crippen molar-refractivity contribution in [3.8, 4) is 0 Å². The lowest BCUT2D eigenvalue weighted by molar-refractivity contribution is 0.0687. The molecule has 38 heteroatoms. The lowest BCUT2D eigenvalue weighted by Gasteiger charge is -2.10. The summed E-state index contributed by atoms with van der Waals surface area (Å²) < 4.78 is 146. The lowest BCUT2D eigenvalue weighted by Crippen LogP contribution is -2.15. The number of aromatic carboxylic acids is 6. The number of nitrogen functional groups attached to an aromatic ring is 1. The van der Waals surface area contributed by atoms with Crippen LogP contribution in [0.1, 0.15) is 73.3 Å². The van der Waals surface area contributed by atoms with Gasteiger partial charge in [-0.3, -0.25) is 28.3 Å². The van der Waals surface area contributed by atoms with Crippen LogP contribution in [-0.2, 0) is 60.1 Å². The Kier molecular flexibility index (Phi) is 28.8. The van der Waals surface area contributed by atoms with E-state index in [0.717, 1.165) is 42.4 Å². The van der Waals surface area contributed by atoms with Gasteiger partial charge in [-0.05, 0) is 111 Å². The number of nitrogens with one attached hydrogen (secondary N) is 6. The summed E-state index contributed by atoms with van der Waals surface area (Å²) in [4.78, 5) is 64.8. The van der Waals surface area contributed by atoms with E-state index in [1.165, 1.54) is 115 Å². The minimum atomic E-state index is -3.80. The largest absolute Gasteiger partial charge is 0.478 e. The normalized spacial score (nSPS) is 11.0. The van der Waals surface area contributed by atoms with Crippen LogP contribution in [0.4, 0.5) is 39.8 Å². The van der Waals surface area contributed by atoms with Gasteiger partial charge in [0.15, 0.2) is 0 Å². The zero-order valence-corrected chi connectivity index (χ0v) is 55.0. The van der Waals surface area contributed by atoms with Gasteiger partial charge in [0.2, 0.25) is 50.1 Å². The minimum Gasteiger partial charge on any atom is -0.478 e. The summed E-state index contributed by atoms with van der Waals surface area (Å²) in [5.74, 6) is -7.18. The summed E-state index contributed by atoms with van der Waals surface area (Å²) in [6, 6.07) is 36.0. The SMILES string of the molecule is CS(=O)(=O)Nc1ccc(Cl)cc1C(=O)O.CS(=O)(=O)Nc1ccc(N)cc1C(=O)O.CS(=O)(=O)Nc1ccccc1C(=O)O.CS(=O)(=O)Nc1ccccc1C(=O)O.Cc1ccc(NS(C)(=O)=O)c(C(=O)O)c1.Cc1ccc(S(=O)(=O)Nc2ccccc2C(=O)O)cc1. The first kappa shape index (κ1) is 79.0. The van der Waals surface area contributed by atoms with Crippen LogP contribution >= 0.6 is 11.6 Å². The molecule has 7 aromatic carbocycles. The number of benzene rings is 7. The highest BCUT2D eigenvalue weighted by Crippen LogP contribution is 2.25. The molecule has 0 aliphatic rings. The fraction of sp³-hybridized carbons (Fsp3) is 0.127. The molecule has 0 aliphatic carbocycles. The molecule has 0 bridgehead atoms. The topological polar surface area (TPSA) is 527 Å². The van der Waals surface area contributed by atoms with Crippen LogP contribution in [0.2, 0.25) is 5.02 Å². The third-order valence-electron chi connectivity index (χ3n) is 10.4. The molecular formula is C55H60ClN7O24S6. The summed E-state index contributed by atoms with van der Waals surface area (Å²) in [6.45, 7) is 3.58. The van der Waals surface area contributed by atoms with E-state index in [4.69, 9.17) is 48.0 Å². The molecule has 14 N–H and O–H groups in total. The molecular weight excluding hydrogens is 1370 g/mol. The number of sulfonamides is 6. The van der Waals surface area contributed by atoms with Crippen molar-refractivity contribution < 1.29 is 110 Å². The number of hydrogen-bond acceptors (Lipinski definition) is 19. The molecule has 93 heavy (non-hydrogen) atoms. The fourth-order valence-corrected chi connectivity index (χ4v) is 10.9. The molecule has 0 radical (unpaired) electrons. The summed E-state index contributed by atoms with van der Waals surface area (Å²) in [5, 5.41) is 53.2. The van der Waals surface area contributed by atoms with Crippen LogP contribution in [0, 0.1) is 13.8 Å². The van der Waals surface area contributed by atoms with E-state index in [2.05, 4.69) is 28.3 Å². The number of rotatable bonds is 19. The first-order valence-corrected chi connectivity index (χ1v) is 36.3. The Morgan fingerprint density at radius 1 is 0.323 bits per heavy atom. The molecule has 0 fully saturated rings. The summed E-state index contributed by atoms with van der Waals surface area (Å²) in [6.07, 6.45) is 4.78. The number of hydrogen-bond donors (Lipinski definition) is 13. The van der Waals surface area contributed by atoms with Crippen molar-refractivity contribution in [2.45, 2.75) is 18.7 Å². The van der Waals surface area contributed by atoms with Gasteiger partial charge in [0, 0.05) is 10.7 Å². The predicted octanol–water partition coefficient (Wildman–Crippen LogP) is 6.82. The van der Waals surface area contributed by atoms with Gasteiger partial charge in [0.05, 0.1) is 104 Å². The predicted molar refractivity (Wildman–Crippen MR) is 349 cm³/mol. The van der Waals surface area contributed by atoms with Crippen molar-refractivity contribution in [2.75, 3.05) is 65.3 Å². The third kappa shape index (κ3) is 30.1. The lowest BCUT2D eigenvalue weighted by atomic mass is 10.1. The molecule has 0 amide bonds. The number of para-hydroxylation sites is 3. The van der Waals surface area contributed by atoms with Crippen LogP contribution in [0.3, 0.4) is 0 Å². The van der Waals surface area contributed by atoms with Crippen LogP contribution in [0.5, 0.6) is 0 Å². The highest BCUT2D eigenvalue weighted by Gasteiger charge is 2.20. The van der Waals surface area contributed by atoms with Gasteiger partial charge >= 0.3 is 35.8 Å². The number of carboxylic acid groups (broad SMARTS) is 6.